The quantitative estimate of drug-likeness (QED) is 0.584. The number of carbonyl (C=O) groups excluding carboxylic acids is 1. The predicted molar refractivity (Wildman–Crippen MR) is 61.7 cm³/mol. The molecule has 0 saturated heterocycles. The van der Waals surface area contributed by atoms with Crippen LogP contribution in [0.25, 0.3) is 0 Å². The number of nitrogens with one attached hydrogen (secondary N) is 1. The summed E-state index contributed by atoms with van der Waals surface area (Å²) >= 11 is 0. The number of hydrogen-bond donors (Lipinski definition) is 2. The fourth-order valence-electron chi connectivity index (χ4n) is 1.19. The highest BCUT2D eigenvalue weighted by molar-refractivity contribution is 7.86. The molecule has 0 bridgehead atoms. The molecule has 1 unspecified atom stereocenters. The van der Waals surface area contributed by atoms with Gasteiger partial charge < -0.3 is 5.32 Å². The van der Waals surface area contributed by atoms with Crippen molar-refractivity contribution in [2.75, 3.05) is 6.54 Å². The third-order valence-electron chi connectivity index (χ3n) is 2.02. The number of hydrogen-bond acceptors (Lipinski definition) is 4. The van der Waals surface area contributed by atoms with Crippen molar-refractivity contribution in [1.29, 1.82) is 0 Å². The number of aromatic nitrogens is 1. The third kappa shape index (κ3) is 3.97. The van der Waals surface area contributed by atoms with E-state index in [0.717, 1.165) is 6.08 Å². The summed E-state index contributed by atoms with van der Waals surface area (Å²) in [6, 6.07) is 4.67. The molecule has 1 aromatic rings. The minimum atomic E-state index is -4.33. The average molecular weight is 256 g/mol. The summed E-state index contributed by atoms with van der Waals surface area (Å²) in [7, 11) is -4.33. The molecule has 2 N–H and O–H groups in total. The standard InChI is InChI=1S/C10H12N2O4S/c1-2-10(13)12-7-9(17(14,15)16)8-5-3-4-6-11-8/h2-6,9H,1,7H2,(H,12,13)(H,14,15,16). The molecule has 0 fully saturated rings. The number of rotatable bonds is 5. The summed E-state index contributed by atoms with van der Waals surface area (Å²) in [5, 5.41) is 1.02. The van der Waals surface area contributed by atoms with Crippen molar-refractivity contribution in [3.63, 3.8) is 0 Å². The van der Waals surface area contributed by atoms with Crippen molar-refractivity contribution < 1.29 is 17.8 Å². The molecule has 1 aromatic heterocycles. The first-order valence-corrected chi connectivity index (χ1v) is 6.23. The Labute approximate surface area is 99.1 Å². The molecule has 7 heteroatoms. The normalized spacial score (nSPS) is 12.8. The van der Waals surface area contributed by atoms with E-state index in [2.05, 4.69) is 16.9 Å². The van der Waals surface area contributed by atoms with Gasteiger partial charge >= 0.3 is 0 Å². The summed E-state index contributed by atoms with van der Waals surface area (Å²) in [5.74, 6) is -0.519. The molecule has 0 aliphatic heterocycles. The number of pyridine rings is 1. The Morgan fingerprint density at radius 1 is 1.59 bits per heavy atom. The van der Waals surface area contributed by atoms with E-state index in [-0.39, 0.29) is 12.2 Å². The van der Waals surface area contributed by atoms with E-state index in [0.29, 0.717) is 0 Å². The van der Waals surface area contributed by atoms with Gasteiger partial charge in [0.1, 0.15) is 5.25 Å². The summed E-state index contributed by atoms with van der Waals surface area (Å²) in [4.78, 5) is 14.8. The van der Waals surface area contributed by atoms with Crippen LogP contribution >= 0.6 is 0 Å². The molecule has 92 valence electrons. The van der Waals surface area contributed by atoms with Crippen LogP contribution in [0.1, 0.15) is 10.9 Å². The Kier molecular flexibility index (Phi) is 4.36. The zero-order valence-corrected chi connectivity index (χ0v) is 9.72. The van der Waals surface area contributed by atoms with E-state index >= 15 is 0 Å². The molecule has 0 aromatic carbocycles. The largest absolute Gasteiger partial charge is 0.351 e. The van der Waals surface area contributed by atoms with Gasteiger partial charge in [0.15, 0.2) is 0 Å². The van der Waals surface area contributed by atoms with Crippen LogP contribution in [-0.4, -0.2) is 30.4 Å². The summed E-state index contributed by atoms with van der Waals surface area (Å²) in [5.41, 5.74) is 0.166. The second-order valence-electron chi connectivity index (χ2n) is 3.21. The first kappa shape index (κ1) is 13.3. The van der Waals surface area contributed by atoms with Gasteiger partial charge in [-0.2, -0.15) is 8.42 Å². The van der Waals surface area contributed by atoms with Gasteiger partial charge in [0, 0.05) is 12.7 Å². The van der Waals surface area contributed by atoms with E-state index in [1.54, 1.807) is 12.1 Å². The minimum Gasteiger partial charge on any atom is -0.351 e. The summed E-state index contributed by atoms with van der Waals surface area (Å²) in [6.45, 7) is 2.97. The average Bonchev–Trinajstić information content (AvgIpc) is 2.28. The van der Waals surface area contributed by atoms with Gasteiger partial charge in [-0.05, 0) is 18.2 Å². The predicted octanol–water partition coefficient (Wildman–Crippen LogP) is 0.313. The van der Waals surface area contributed by atoms with Gasteiger partial charge in [-0.3, -0.25) is 14.3 Å². The number of nitrogens with zero attached hydrogens (tertiary/aromatic N) is 1. The smallest absolute Gasteiger partial charge is 0.275 e. The molecule has 1 amide bonds. The van der Waals surface area contributed by atoms with Crippen LogP contribution in [-0.2, 0) is 14.9 Å². The molecule has 1 heterocycles. The van der Waals surface area contributed by atoms with Crippen LogP contribution in [0.4, 0.5) is 0 Å². The van der Waals surface area contributed by atoms with E-state index in [1.165, 1.54) is 12.3 Å². The van der Waals surface area contributed by atoms with Crippen LogP contribution in [0.3, 0.4) is 0 Å². The van der Waals surface area contributed by atoms with Crippen molar-refractivity contribution >= 4 is 16.0 Å². The van der Waals surface area contributed by atoms with Gasteiger partial charge in [-0.1, -0.05) is 12.6 Å². The Morgan fingerprint density at radius 2 is 2.29 bits per heavy atom. The highest BCUT2D eigenvalue weighted by atomic mass is 32.2. The molecule has 0 saturated carbocycles. The van der Waals surface area contributed by atoms with Crippen LogP contribution in [0, 0.1) is 0 Å². The lowest BCUT2D eigenvalue weighted by Gasteiger charge is -2.13. The topological polar surface area (TPSA) is 96.4 Å². The molecular formula is C10H12N2O4S. The highest BCUT2D eigenvalue weighted by Gasteiger charge is 2.26. The van der Waals surface area contributed by atoms with Gasteiger partial charge in [0.05, 0.1) is 5.69 Å². The van der Waals surface area contributed by atoms with E-state index in [9.17, 15) is 13.2 Å². The van der Waals surface area contributed by atoms with Crippen molar-refractivity contribution in [1.82, 2.24) is 10.3 Å². The monoisotopic (exact) mass is 256 g/mol. The second-order valence-corrected chi connectivity index (χ2v) is 4.81. The van der Waals surface area contributed by atoms with Crippen LogP contribution in [0.15, 0.2) is 37.1 Å². The van der Waals surface area contributed by atoms with Crippen molar-refractivity contribution in [3.05, 3.63) is 42.7 Å². The lowest BCUT2D eigenvalue weighted by Crippen LogP contribution is -2.30. The molecule has 17 heavy (non-hydrogen) atoms. The van der Waals surface area contributed by atoms with Crippen LogP contribution in [0.5, 0.6) is 0 Å². The Morgan fingerprint density at radius 3 is 2.76 bits per heavy atom. The van der Waals surface area contributed by atoms with Gasteiger partial charge in [-0.15, -0.1) is 0 Å². The van der Waals surface area contributed by atoms with E-state index < -0.39 is 21.3 Å². The van der Waals surface area contributed by atoms with Crippen molar-refractivity contribution in [3.8, 4) is 0 Å². The molecular weight excluding hydrogens is 244 g/mol. The van der Waals surface area contributed by atoms with Crippen LogP contribution in [0.2, 0.25) is 0 Å². The number of amides is 1. The van der Waals surface area contributed by atoms with E-state index in [4.69, 9.17) is 4.55 Å². The lowest BCUT2D eigenvalue weighted by molar-refractivity contribution is -0.116. The number of carbonyl (C=O) groups is 1. The van der Waals surface area contributed by atoms with Crippen LogP contribution < -0.4 is 5.32 Å². The summed E-state index contributed by atoms with van der Waals surface area (Å²) in [6.07, 6.45) is 2.42. The molecule has 0 radical (unpaired) electrons. The minimum absolute atomic E-state index is 0.166. The van der Waals surface area contributed by atoms with E-state index in [1.807, 2.05) is 0 Å². The Bertz CT molecular complexity index is 498. The third-order valence-corrected chi connectivity index (χ3v) is 3.15. The van der Waals surface area contributed by atoms with Gasteiger partial charge in [-0.25, -0.2) is 0 Å². The van der Waals surface area contributed by atoms with Gasteiger partial charge in [0.25, 0.3) is 10.1 Å². The zero-order valence-electron chi connectivity index (χ0n) is 8.91. The molecule has 0 spiro atoms. The van der Waals surface area contributed by atoms with Crippen molar-refractivity contribution in [2.45, 2.75) is 5.25 Å². The molecule has 6 nitrogen and oxygen atoms in total. The molecule has 0 aliphatic carbocycles. The van der Waals surface area contributed by atoms with Crippen molar-refractivity contribution in [2.24, 2.45) is 0 Å². The maximum atomic E-state index is 11.2. The summed E-state index contributed by atoms with van der Waals surface area (Å²) < 4.78 is 31.4. The fourth-order valence-corrected chi connectivity index (χ4v) is 1.93. The zero-order chi connectivity index (χ0) is 12.9. The molecule has 0 aliphatic rings. The maximum absolute atomic E-state index is 11.2. The van der Waals surface area contributed by atoms with Gasteiger partial charge in [0.2, 0.25) is 5.91 Å². The Balaban J connectivity index is 2.91. The first-order valence-electron chi connectivity index (χ1n) is 4.72. The molecule has 1 rings (SSSR count). The maximum Gasteiger partial charge on any atom is 0.275 e. The molecule has 1 atom stereocenters. The lowest BCUT2D eigenvalue weighted by atomic mass is 10.2. The fraction of sp³-hybridized carbons (Fsp3) is 0.200. The highest BCUT2D eigenvalue weighted by Crippen LogP contribution is 2.17. The first-order chi connectivity index (χ1) is 7.95. The second kappa shape index (κ2) is 5.55. The Hall–Kier alpha value is -1.73. The SMILES string of the molecule is C=CC(=O)NCC(c1ccccn1)S(=O)(=O)O.